The third-order valence-corrected chi connectivity index (χ3v) is 5.20. The van der Waals surface area contributed by atoms with Gasteiger partial charge in [-0.3, -0.25) is 4.79 Å². The van der Waals surface area contributed by atoms with Gasteiger partial charge in [-0.05, 0) is 38.0 Å². The summed E-state index contributed by atoms with van der Waals surface area (Å²) in [4.78, 5) is 27.2. The van der Waals surface area contributed by atoms with Gasteiger partial charge in [0.2, 0.25) is 0 Å². The van der Waals surface area contributed by atoms with Crippen LogP contribution in [0.15, 0.2) is 30.6 Å². The molecule has 142 valence electrons. The summed E-state index contributed by atoms with van der Waals surface area (Å²) in [6.07, 6.45) is 5.86. The Morgan fingerprint density at radius 1 is 1.41 bits per heavy atom. The highest BCUT2D eigenvalue weighted by molar-refractivity contribution is 5.97. The van der Waals surface area contributed by atoms with Gasteiger partial charge >= 0.3 is 0 Å². The molecule has 2 aromatic heterocycles. The van der Waals surface area contributed by atoms with Gasteiger partial charge in [-0.1, -0.05) is 0 Å². The van der Waals surface area contributed by atoms with Crippen LogP contribution < -0.4 is 0 Å². The van der Waals surface area contributed by atoms with E-state index in [4.69, 9.17) is 4.74 Å². The maximum absolute atomic E-state index is 13.1. The SMILES string of the molecule is COCCn1ccnc1[C@@H]1CCCN(C(=O)c2ccc3nc(C)[nH]c3c2)C1. The highest BCUT2D eigenvalue weighted by atomic mass is 16.5. The van der Waals surface area contributed by atoms with Crippen LogP contribution in [0, 0.1) is 6.92 Å². The van der Waals surface area contributed by atoms with E-state index in [9.17, 15) is 4.79 Å². The maximum atomic E-state index is 13.1. The maximum Gasteiger partial charge on any atom is 0.253 e. The van der Waals surface area contributed by atoms with E-state index in [0.717, 1.165) is 48.6 Å². The Hall–Kier alpha value is -2.67. The zero-order valence-electron chi connectivity index (χ0n) is 15.8. The van der Waals surface area contributed by atoms with Gasteiger partial charge in [0.15, 0.2) is 0 Å². The molecule has 1 atom stereocenters. The summed E-state index contributed by atoms with van der Waals surface area (Å²) in [6, 6.07) is 5.68. The molecule has 3 aromatic rings. The Morgan fingerprint density at radius 2 is 2.30 bits per heavy atom. The Morgan fingerprint density at radius 3 is 3.15 bits per heavy atom. The lowest BCUT2D eigenvalue weighted by atomic mass is 9.96. The van der Waals surface area contributed by atoms with Crippen molar-refractivity contribution in [3.63, 3.8) is 0 Å². The Labute approximate surface area is 158 Å². The van der Waals surface area contributed by atoms with Crippen LogP contribution >= 0.6 is 0 Å². The summed E-state index contributed by atoms with van der Waals surface area (Å²) in [6.45, 7) is 4.84. The number of rotatable bonds is 5. The highest BCUT2D eigenvalue weighted by Gasteiger charge is 2.28. The third kappa shape index (κ3) is 3.60. The Balaban J connectivity index is 1.51. The van der Waals surface area contributed by atoms with Gasteiger partial charge in [0, 0.05) is 50.6 Å². The van der Waals surface area contributed by atoms with E-state index in [1.54, 1.807) is 7.11 Å². The largest absolute Gasteiger partial charge is 0.383 e. The molecule has 0 spiro atoms. The van der Waals surface area contributed by atoms with Crippen LogP contribution in [-0.2, 0) is 11.3 Å². The molecule has 0 saturated carbocycles. The molecule has 1 amide bonds. The molecular weight excluding hydrogens is 342 g/mol. The number of ether oxygens (including phenoxy) is 1. The second-order valence-electron chi connectivity index (χ2n) is 7.12. The Bertz CT molecular complexity index is 945. The average Bonchev–Trinajstić information content (AvgIpc) is 3.30. The molecule has 1 aliphatic rings. The lowest BCUT2D eigenvalue weighted by molar-refractivity contribution is 0.0702. The molecule has 0 unspecified atom stereocenters. The number of carbonyl (C=O) groups is 1. The van der Waals surface area contributed by atoms with E-state index in [1.165, 1.54) is 0 Å². The van der Waals surface area contributed by atoms with Crippen molar-refractivity contribution < 1.29 is 9.53 Å². The number of aromatic nitrogens is 4. The lowest BCUT2D eigenvalue weighted by Gasteiger charge is -2.32. The van der Waals surface area contributed by atoms with Gasteiger partial charge in [0.25, 0.3) is 5.91 Å². The number of piperidine rings is 1. The number of nitrogens with one attached hydrogen (secondary N) is 1. The van der Waals surface area contributed by atoms with Crippen LogP contribution in [-0.4, -0.2) is 57.1 Å². The molecule has 27 heavy (non-hydrogen) atoms. The van der Waals surface area contributed by atoms with Gasteiger partial charge in [-0.15, -0.1) is 0 Å². The fourth-order valence-corrected chi connectivity index (χ4v) is 3.88. The number of carbonyl (C=O) groups excluding carboxylic acids is 1. The van der Waals surface area contributed by atoms with E-state index in [1.807, 2.05) is 42.4 Å². The normalized spacial score (nSPS) is 17.6. The number of aromatic amines is 1. The van der Waals surface area contributed by atoms with Crippen LogP contribution in [0.4, 0.5) is 0 Å². The van der Waals surface area contributed by atoms with Crippen molar-refractivity contribution in [2.45, 2.75) is 32.2 Å². The first-order valence-electron chi connectivity index (χ1n) is 9.41. The first kappa shape index (κ1) is 17.7. The zero-order chi connectivity index (χ0) is 18.8. The van der Waals surface area contributed by atoms with E-state index in [2.05, 4.69) is 19.5 Å². The number of methoxy groups -OCH3 is 1. The number of hydrogen-bond donors (Lipinski definition) is 1. The highest BCUT2D eigenvalue weighted by Crippen LogP contribution is 2.27. The fraction of sp³-hybridized carbons (Fsp3) is 0.450. The summed E-state index contributed by atoms with van der Waals surface area (Å²) in [5.41, 5.74) is 2.50. The monoisotopic (exact) mass is 367 g/mol. The first-order valence-corrected chi connectivity index (χ1v) is 9.41. The molecule has 1 aliphatic heterocycles. The summed E-state index contributed by atoms with van der Waals surface area (Å²) in [5, 5.41) is 0. The van der Waals surface area contributed by atoms with Crippen molar-refractivity contribution in [1.82, 2.24) is 24.4 Å². The molecule has 0 bridgehead atoms. The molecule has 7 nitrogen and oxygen atoms in total. The quantitative estimate of drug-likeness (QED) is 0.752. The van der Waals surface area contributed by atoms with E-state index in [-0.39, 0.29) is 11.8 Å². The van der Waals surface area contributed by atoms with Crippen LogP contribution in [0.1, 0.15) is 40.8 Å². The van der Waals surface area contributed by atoms with Crippen LogP contribution in [0.2, 0.25) is 0 Å². The number of hydrogen-bond acceptors (Lipinski definition) is 4. The first-order chi connectivity index (χ1) is 13.2. The predicted octanol–water partition coefficient (Wildman–Crippen LogP) is 2.73. The molecule has 1 N–H and O–H groups in total. The van der Waals surface area contributed by atoms with Crippen molar-refractivity contribution in [3.05, 3.63) is 47.8 Å². The molecule has 1 aromatic carbocycles. The molecular formula is C20H25N5O2. The minimum atomic E-state index is 0.0730. The standard InChI is InChI=1S/C20H25N5O2/c1-14-22-17-6-5-15(12-18(17)23-14)20(26)25-8-3-4-16(13-25)19-21-7-9-24(19)10-11-27-2/h5-7,9,12,16H,3-4,8,10-11,13H2,1-2H3,(H,22,23)/t16-/m1/s1. The second kappa shape index (κ2) is 7.52. The smallest absolute Gasteiger partial charge is 0.253 e. The number of imidazole rings is 2. The topological polar surface area (TPSA) is 76.0 Å². The number of amides is 1. The molecule has 0 aliphatic carbocycles. The number of nitrogens with zero attached hydrogens (tertiary/aromatic N) is 4. The van der Waals surface area contributed by atoms with Gasteiger partial charge in [0.1, 0.15) is 11.6 Å². The predicted molar refractivity (Wildman–Crippen MR) is 103 cm³/mol. The van der Waals surface area contributed by atoms with Crippen molar-refractivity contribution >= 4 is 16.9 Å². The molecule has 0 radical (unpaired) electrons. The van der Waals surface area contributed by atoms with Crippen molar-refractivity contribution in [2.24, 2.45) is 0 Å². The second-order valence-corrected chi connectivity index (χ2v) is 7.12. The number of H-pyrrole nitrogens is 1. The molecule has 1 saturated heterocycles. The minimum absolute atomic E-state index is 0.0730. The number of aryl methyl sites for hydroxylation is 1. The third-order valence-electron chi connectivity index (χ3n) is 5.20. The summed E-state index contributed by atoms with van der Waals surface area (Å²) < 4.78 is 7.33. The van der Waals surface area contributed by atoms with E-state index < -0.39 is 0 Å². The van der Waals surface area contributed by atoms with Gasteiger partial charge in [0.05, 0.1) is 17.6 Å². The molecule has 3 heterocycles. The Kier molecular flexibility index (Phi) is 4.94. The lowest BCUT2D eigenvalue weighted by Crippen LogP contribution is -2.39. The fourth-order valence-electron chi connectivity index (χ4n) is 3.88. The zero-order valence-corrected chi connectivity index (χ0v) is 15.8. The number of benzene rings is 1. The van der Waals surface area contributed by atoms with Crippen molar-refractivity contribution in [2.75, 3.05) is 26.8 Å². The molecule has 7 heteroatoms. The number of fused-ring (bicyclic) bond motifs is 1. The van der Waals surface area contributed by atoms with Gasteiger partial charge < -0.3 is 19.2 Å². The van der Waals surface area contributed by atoms with Crippen LogP contribution in [0.3, 0.4) is 0 Å². The molecule has 4 rings (SSSR count). The summed E-state index contributed by atoms with van der Waals surface area (Å²) >= 11 is 0. The van der Waals surface area contributed by atoms with Crippen LogP contribution in [0.25, 0.3) is 11.0 Å². The molecule has 1 fully saturated rings. The average molecular weight is 367 g/mol. The van der Waals surface area contributed by atoms with Crippen LogP contribution in [0.5, 0.6) is 0 Å². The van der Waals surface area contributed by atoms with Crippen molar-refractivity contribution in [3.8, 4) is 0 Å². The van der Waals surface area contributed by atoms with Crippen molar-refractivity contribution in [1.29, 1.82) is 0 Å². The number of likely N-dealkylation sites (tertiary alicyclic amines) is 1. The van der Waals surface area contributed by atoms with E-state index in [0.29, 0.717) is 18.7 Å². The van der Waals surface area contributed by atoms with E-state index >= 15 is 0 Å². The summed E-state index contributed by atoms with van der Waals surface area (Å²) in [7, 11) is 1.70. The van der Waals surface area contributed by atoms with Gasteiger partial charge in [-0.2, -0.15) is 0 Å². The summed E-state index contributed by atoms with van der Waals surface area (Å²) in [5.74, 6) is 2.23. The minimum Gasteiger partial charge on any atom is -0.383 e. The van der Waals surface area contributed by atoms with Gasteiger partial charge in [-0.25, -0.2) is 9.97 Å².